The number of alkyl halides is 5. The fourth-order valence-corrected chi connectivity index (χ4v) is 4.01. The highest BCUT2D eigenvalue weighted by atomic mass is 32.2. The van der Waals surface area contributed by atoms with Crippen LogP contribution in [0.2, 0.25) is 0 Å². The molecule has 4 aromatic rings. The van der Waals surface area contributed by atoms with Crippen LogP contribution in [0.3, 0.4) is 0 Å². The predicted octanol–water partition coefficient (Wildman–Crippen LogP) is 5.46. The number of sulfone groups is 1. The van der Waals surface area contributed by atoms with E-state index in [-0.39, 0.29) is 23.9 Å². The molecule has 0 radical (unpaired) electrons. The van der Waals surface area contributed by atoms with Crippen LogP contribution in [0.15, 0.2) is 70.2 Å². The molecule has 0 saturated carbocycles. The first-order valence-corrected chi connectivity index (χ1v) is 11.4. The molecule has 0 aliphatic rings. The van der Waals surface area contributed by atoms with Gasteiger partial charge in [0.1, 0.15) is 23.4 Å². The first kappa shape index (κ1) is 24.4. The van der Waals surface area contributed by atoms with Crippen LogP contribution in [0.25, 0.3) is 22.8 Å². The number of aromatic nitrogens is 3. The second-order valence-electron chi connectivity index (χ2n) is 7.33. The molecule has 35 heavy (non-hydrogen) atoms. The van der Waals surface area contributed by atoms with Crippen LogP contribution in [-0.4, -0.2) is 35.3 Å². The quantitative estimate of drug-likeness (QED) is 0.305. The summed E-state index contributed by atoms with van der Waals surface area (Å²) in [5, 5.41) is 4.39. The van der Waals surface area contributed by atoms with Crippen molar-refractivity contribution in [3.05, 3.63) is 72.1 Å². The molecule has 4 rings (SSSR count). The van der Waals surface area contributed by atoms with Gasteiger partial charge in [-0.15, -0.1) is 0 Å². The summed E-state index contributed by atoms with van der Waals surface area (Å²) in [5.74, 6) is 0.124. The van der Waals surface area contributed by atoms with Crippen molar-refractivity contribution < 1.29 is 39.5 Å². The molecular formula is C22H16F5N3O4S. The van der Waals surface area contributed by atoms with Crippen LogP contribution < -0.4 is 4.74 Å². The summed E-state index contributed by atoms with van der Waals surface area (Å²) >= 11 is 0. The van der Waals surface area contributed by atoms with Crippen molar-refractivity contribution in [3.8, 4) is 28.6 Å². The van der Waals surface area contributed by atoms with E-state index in [1.807, 2.05) is 0 Å². The zero-order valence-corrected chi connectivity index (χ0v) is 18.6. The Morgan fingerprint density at radius 1 is 1.06 bits per heavy atom. The van der Waals surface area contributed by atoms with Crippen molar-refractivity contribution in [2.45, 2.75) is 30.5 Å². The Hall–Kier alpha value is -3.74. The summed E-state index contributed by atoms with van der Waals surface area (Å²) in [6, 6.07) is 12.0. The van der Waals surface area contributed by atoms with E-state index in [1.165, 1.54) is 24.5 Å². The zero-order chi connectivity index (χ0) is 25.4. The average Bonchev–Trinajstić information content (AvgIpc) is 3.41. The van der Waals surface area contributed by atoms with Gasteiger partial charge in [0.05, 0.1) is 11.4 Å². The Kier molecular flexibility index (Phi) is 6.36. The summed E-state index contributed by atoms with van der Waals surface area (Å²) < 4.78 is 98.1. The second kappa shape index (κ2) is 9.13. The fourth-order valence-electron chi connectivity index (χ4n) is 3.24. The first-order valence-electron chi connectivity index (χ1n) is 9.90. The first-order chi connectivity index (χ1) is 16.5. The van der Waals surface area contributed by atoms with Gasteiger partial charge in [-0.25, -0.2) is 13.4 Å². The van der Waals surface area contributed by atoms with Crippen LogP contribution in [0.5, 0.6) is 5.75 Å². The second-order valence-corrected chi connectivity index (χ2v) is 9.27. The number of rotatable bonds is 7. The van der Waals surface area contributed by atoms with Crippen LogP contribution in [0.1, 0.15) is 11.3 Å². The van der Waals surface area contributed by atoms with Crippen molar-refractivity contribution in [2.75, 3.05) is 0 Å². The van der Waals surface area contributed by atoms with Gasteiger partial charge in [0.2, 0.25) is 5.89 Å². The molecule has 0 fully saturated rings. The monoisotopic (exact) mass is 513 g/mol. The minimum atomic E-state index is -5.46. The van der Waals surface area contributed by atoms with Gasteiger partial charge in [-0.3, -0.25) is 4.68 Å². The lowest BCUT2D eigenvalue weighted by atomic mass is 10.2. The maximum atomic E-state index is 12.7. The average molecular weight is 513 g/mol. The van der Waals surface area contributed by atoms with E-state index >= 15 is 0 Å². The molecule has 7 nitrogen and oxygen atoms in total. The van der Waals surface area contributed by atoms with E-state index in [0.29, 0.717) is 22.5 Å². The highest BCUT2D eigenvalue weighted by molar-refractivity contribution is 7.92. The molecule has 0 saturated heterocycles. The molecule has 0 amide bonds. The zero-order valence-electron chi connectivity index (χ0n) is 17.8. The molecule has 184 valence electrons. The smallest absolute Gasteiger partial charge is 0.443 e. The van der Waals surface area contributed by atoms with E-state index < -0.39 is 26.9 Å². The molecule has 0 N–H and O–H groups in total. The molecule has 13 heteroatoms. The summed E-state index contributed by atoms with van der Waals surface area (Å²) in [5.41, 5.74) is -3.34. The third kappa shape index (κ3) is 5.04. The van der Waals surface area contributed by atoms with Gasteiger partial charge >= 0.3 is 12.1 Å². The van der Waals surface area contributed by atoms with Gasteiger partial charge in [0.25, 0.3) is 9.84 Å². The maximum absolute atomic E-state index is 12.7. The number of para-hydroxylation sites is 1. The Morgan fingerprint density at radius 3 is 2.40 bits per heavy atom. The number of benzene rings is 2. The third-order valence-electron chi connectivity index (χ3n) is 4.98. The molecule has 2 aromatic heterocycles. The van der Waals surface area contributed by atoms with E-state index in [4.69, 9.17) is 4.42 Å². The Balaban J connectivity index is 1.56. The molecule has 0 bridgehead atoms. The van der Waals surface area contributed by atoms with Crippen LogP contribution in [-0.2, 0) is 16.4 Å². The molecule has 0 atom stereocenters. The number of hydrogen-bond donors (Lipinski definition) is 0. The largest absolute Gasteiger partial charge is 0.501 e. The topological polar surface area (TPSA) is 87.2 Å². The van der Waals surface area contributed by atoms with Gasteiger partial charge in [-0.2, -0.15) is 27.1 Å². The standard InChI is InChI=1S/C22H16F5N3O4S/c1-13-10-17(29-30(13)11-15-4-2-3-5-19(15)34-21(23)24)20-28-18(12-33-20)14-6-8-16(9-7-14)35(31,32)22(25,26)27/h2-10,12,21H,11H2,1H3. The number of halogens is 5. The number of nitrogens with zero attached hydrogens (tertiary/aromatic N) is 3. The summed E-state index contributed by atoms with van der Waals surface area (Å²) in [7, 11) is -5.46. The lowest BCUT2D eigenvalue weighted by Gasteiger charge is -2.11. The van der Waals surface area contributed by atoms with Gasteiger partial charge in [0.15, 0.2) is 0 Å². The van der Waals surface area contributed by atoms with Gasteiger partial charge in [-0.1, -0.05) is 30.3 Å². The molecule has 2 aromatic carbocycles. The van der Waals surface area contributed by atoms with E-state index in [0.717, 1.165) is 12.1 Å². The van der Waals surface area contributed by atoms with Gasteiger partial charge < -0.3 is 9.15 Å². The van der Waals surface area contributed by atoms with E-state index in [9.17, 15) is 30.4 Å². The SMILES string of the molecule is Cc1cc(-c2nc(-c3ccc(S(=O)(=O)C(F)(F)F)cc3)co2)nn1Cc1ccccc1OC(F)F. The van der Waals surface area contributed by atoms with Crippen LogP contribution >= 0.6 is 0 Å². The lowest BCUT2D eigenvalue weighted by molar-refractivity contribution is -0.0505. The minimum Gasteiger partial charge on any atom is -0.443 e. The van der Waals surface area contributed by atoms with Crippen molar-refractivity contribution >= 4 is 9.84 Å². The summed E-state index contributed by atoms with van der Waals surface area (Å²) in [6.45, 7) is -1.09. The number of hydrogen-bond acceptors (Lipinski definition) is 6. The van der Waals surface area contributed by atoms with Crippen LogP contribution in [0, 0.1) is 6.92 Å². The predicted molar refractivity (Wildman–Crippen MR) is 113 cm³/mol. The summed E-state index contributed by atoms with van der Waals surface area (Å²) in [6.07, 6.45) is 1.25. The highest BCUT2D eigenvalue weighted by Crippen LogP contribution is 2.32. The minimum absolute atomic E-state index is 0.0216. The van der Waals surface area contributed by atoms with E-state index in [2.05, 4.69) is 14.8 Å². The summed E-state index contributed by atoms with van der Waals surface area (Å²) in [4.78, 5) is 3.39. The van der Waals surface area contributed by atoms with Crippen molar-refractivity contribution in [2.24, 2.45) is 0 Å². The molecule has 2 heterocycles. The van der Waals surface area contributed by atoms with Crippen molar-refractivity contribution in [1.82, 2.24) is 14.8 Å². The Morgan fingerprint density at radius 2 is 1.74 bits per heavy atom. The molecule has 0 aliphatic carbocycles. The third-order valence-corrected chi connectivity index (χ3v) is 6.48. The van der Waals surface area contributed by atoms with E-state index in [1.54, 1.807) is 35.9 Å². The molecule has 0 aliphatic heterocycles. The number of oxazole rings is 1. The highest BCUT2D eigenvalue weighted by Gasteiger charge is 2.46. The lowest BCUT2D eigenvalue weighted by Crippen LogP contribution is -2.23. The van der Waals surface area contributed by atoms with Gasteiger partial charge in [-0.05, 0) is 31.2 Å². The number of ether oxygens (including phenoxy) is 1. The Bertz CT molecular complexity index is 1440. The Labute approximate surface area is 195 Å². The normalized spacial score (nSPS) is 12.3. The van der Waals surface area contributed by atoms with Crippen LogP contribution in [0.4, 0.5) is 22.0 Å². The molecule has 0 unspecified atom stereocenters. The van der Waals surface area contributed by atoms with Gasteiger partial charge in [0, 0.05) is 16.8 Å². The molecule has 0 spiro atoms. The molecular weight excluding hydrogens is 497 g/mol. The maximum Gasteiger partial charge on any atom is 0.501 e. The van der Waals surface area contributed by atoms with Crippen molar-refractivity contribution in [1.29, 1.82) is 0 Å². The fraction of sp³-hybridized carbons (Fsp3) is 0.182. The van der Waals surface area contributed by atoms with Crippen molar-refractivity contribution in [3.63, 3.8) is 0 Å². The number of aryl methyl sites for hydroxylation is 1.